The summed E-state index contributed by atoms with van der Waals surface area (Å²) < 4.78 is 10.1. The molecule has 0 fully saturated rings. The molecule has 6 heteroatoms. The topological polar surface area (TPSA) is 52.3 Å². The van der Waals surface area contributed by atoms with Crippen molar-refractivity contribution in [1.29, 1.82) is 0 Å². The van der Waals surface area contributed by atoms with Crippen molar-refractivity contribution in [2.75, 3.05) is 0 Å². The summed E-state index contributed by atoms with van der Waals surface area (Å²) in [5.41, 5.74) is 0.781. The first-order valence-corrected chi connectivity index (χ1v) is 5.84. The molecule has 0 saturated heterocycles. The molecule has 0 bridgehead atoms. The highest BCUT2D eigenvalue weighted by Crippen LogP contribution is 2.28. The minimum Gasteiger partial charge on any atom is -0.421 e. The Morgan fingerprint density at radius 1 is 1.33 bits per heavy atom. The van der Waals surface area contributed by atoms with E-state index in [-0.39, 0.29) is 10.8 Å². The van der Waals surface area contributed by atoms with E-state index >= 15 is 0 Å². The van der Waals surface area contributed by atoms with Crippen molar-refractivity contribution >= 4 is 29.2 Å². The lowest BCUT2D eigenvalue weighted by atomic mass is 10.2. The third-order valence-electron chi connectivity index (χ3n) is 2.33. The zero-order valence-corrected chi connectivity index (χ0v) is 11.2. The van der Waals surface area contributed by atoms with Gasteiger partial charge in [0.25, 0.3) is 0 Å². The molecule has 0 unspecified atom stereocenters. The highest BCUT2D eigenvalue weighted by molar-refractivity contribution is 6.35. The molecule has 0 aliphatic heterocycles. The van der Waals surface area contributed by atoms with Crippen LogP contribution >= 0.6 is 23.2 Å². The Hall–Kier alpha value is -1.52. The fraction of sp³-hybridized carbons (Fsp3) is 0.167. The standard InChI is InChI=1S/C12H9Cl2NO3/c1-6-11(7(2)18-15-6)12(16)17-10-4-3-8(13)5-9(10)14/h3-5H,1-2H3. The van der Waals surface area contributed by atoms with E-state index in [1.54, 1.807) is 19.9 Å². The summed E-state index contributed by atoms with van der Waals surface area (Å²) in [4.78, 5) is 11.9. The summed E-state index contributed by atoms with van der Waals surface area (Å²) in [5.74, 6) is 0.0872. The molecular formula is C12H9Cl2NO3. The zero-order chi connectivity index (χ0) is 13.3. The largest absolute Gasteiger partial charge is 0.421 e. The Morgan fingerprint density at radius 2 is 2.06 bits per heavy atom. The van der Waals surface area contributed by atoms with E-state index in [0.29, 0.717) is 22.0 Å². The van der Waals surface area contributed by atoms with Gasteiger partial charge in [-0.15, -0.1) is 0 Å². The minimum absolute atomic E-state index is 0.242. The molecule has 94 valence electrons. The van der Waals surface area contributed by atoms with Crippen LogP contribution in [0.4, 0.5) is 0 Å². The number of carbonyl (C=O) groups is 1. The third-order valence-corrected chi connectivity index (χ3v) is 2.86. The van der Waals surface area contributed by atoms with E-state index < -0.39 is 5.97 Å². The molecule has 0 atom stereocenters. The molecular weight excluding hydrogens is 277 g/mol. The fourth-order valence-corrected chi connectivity index (χ4v) is 1.93. The van der Waals surface area contributed by atoms with Crippen LogP contribution in [0.1, 0.15) is 21.8 Å². The van der Waals surface area contributed by atoms with Gasteiger partial charge < -0.3 is 9.26 Å². The first kappa shape index (κ1) is 12.9. The maximum atomic E-state index is 11.9. The van der Waals surface area contributed by atoms with Gasteiger partial charge in [0.15, 0.2) is 0 Å². The summed E-state index contributed by atoms with van der Waals surface area (Å²) in [7, 11) is 0. The van der Waals surface area contributed by atoms with Gasteiger partial charge in [-0.2, -0.15) is 0 Å². The molecule has 1 heterocycles. The number of hydrogen-bond donors (Lipinski definition) is 0. The van der Waals surface area contributed by atoms with E-state index in [0.717, 1.165) is 0 Å². The van der Waals surface area contributed by atoms with Crippen molar-refractivity contribution in [2.45, 2.75) is 13.8 Å². The number of carbonyl (C=O) groups excluding carboxylic acids is 1. The van der Waals surface area contributed by atoms with Gasteiger partial charge in [-0.3, -0.25) is 0 Å². The smallest absolute Gasteiger partial charge is 0.349 e. The molecule has 0 saturated carbocycles. The molecule has 1 aromatic heterocycles. The molecule has 0 aliphatic rings. The minimum atomic E-state index is -0.560. The summed E-state index contributed by atoms with van der Waals surface area (Å²) in [5, 5.41) is 4.42. The number of aromatic nitrogens is 1. The molecule has 0 spiro atoms. The van der Waals surface area contributed by atoms with E-state index in [4.69, 9.17) is 32.5 Å². The first-order valence-electron chi connectivity index (χ1n) is 5.09. The van der Waals surface area contributed by atoms with E-state index in [2.05, 4.69) is 5.16 Å². The van der Waals surface area contributed by atoms with Crippen molar-refractivity contribution in [2.24, 2.45) is 0 Å². The number of esters is 1. The van der Waals surface area contributed by atoms with Gasteiger partial charge in [0.1, 0.15) is 17.1 Å². The second-order valence-electron chi connectivity index (χ2n) is 3.66. The zero-order valence-electron chi connectivity index (χ0n) is 9.66. The Balaban J connectivity index is 2.27. The molecule has 18 heavy (non-hydrogen) atoms. The summed E-state index contributed by atoms with van der Waals surface area (Å²) in [6.07, 6.45) is 0. The van der Waals surface area contributed by atoms with Crippen LogP contribution in [0.5, 0.6) is 5.75 Å². The Kier molecular flexibility index (Phi) is 3.59. The lowest BCUT2D eigenvalue weighted by Gasteiger charge is -2.05. The van der Waals surface area contributed by atoms with Crippen LogP contribution in [-0.4, -0.2) is 11.1 Å². The van der Waals surface area contributed by atoms with Crippen LogP contribution < -0.4 is 4.74 Å². The van der Waals surface area contributed by atoms with E-state index in [9.17, 15) is 4.79 Å². The van der Waals surface area contributed by atoms with Gasteiger partial charge in [0.2, 0.25) is 0 Å². The maximum Gasteiger partial charge on any atom is 0.349 e. The van der Waals surface area contributed by atoms with Crippen molar-refractivity contribution in [1.82, 2.24) is 5.16 Å². The molecule has 0 amide bonds. The third kappa shape index (κ3) is 2.49. The van der Waals surface area contributed by atoms with Crippen LogP contribution in [0.25, 0.3) is 0 Å². The van der Waals surface area contributed by atoms with Gasteiger partial charge in [0.05, 0.1) is 10.7 Å². The normalized spacial score (nSPS) is 10.4. The van der Waals surface area contributed by atoms with E-state index in [1.807, 2.05) is 0 Å². The number of hydrogen-bond acceptors (Lipinski definition) is 4. The molecule has 2 rings (SSSR count). The van der Waals surface area contributed by atoms with Crippen molar-refractivity contribution in [3.05, 3.63) is 45.3 Å². The predicted molar refractivity (Wildman–Crippen MR) is 67.4 cm³/mol. The average molecular weight is 286 g/mol. The second-order valence-corrected chi connectivity index (χ2v) is 4.51. The van der Waals surface area contributed by atoms with E-state index in [1.165, 1.54) is 12.1 Å². The summed E-state index contributed by atoms with van der Waals surface area (Å²) in [6, 6.07) is 4.61. The second kappa shape index (κ2) is 5.00. The van der Waals surface area contributed by atoms with Gasteiger partial charge >= 0.3 is 5.97 Å². The number of halogens is 2. The SMILES string of the molecule is Cc1noc(C)c1C(=O)Oc1ccc(Cl)cc1Cl. The quantitative estimate of drug-likeness (QED) is 0.622. The van der Waals surface area contributed by atoms with Gasteiger partial charge in [0, 0.05) is 5.02 Å². The molecule has 0 radical (unpaired) electrons. The first-order chi connectivity index (χ1) is 8.49. The Labute approximate surface area is 113 Å². The Morgan fingerprint density at radius 3 is 2.61 bits per heavy atom. The number of rotatable bonds is 2. The van der Waals surface area contributed by atoms with Crippen molar-refractivity contribution in [3.63, 3.8) is 0 Å². The van der Waals surface area contributed by atoms with Gasteiger partial charge in [-0.1, -0.05) is 28.4 Å². The van der Waals surface area contributed by atoms with Crippen LogP contribution in [-0.2, 0) is 0 Å². The lowest BCUT2D eigenvalue weighted by molar-refractivity contribution is 0.0732. The molecule has 0 N–H and O–H groups in total. The number of benzene rings is 1. The van der Waals surface area contributed by atoms with Crippen molar-refractivity contribution in [3.8, 4) is 5.75 Å². The Bertz CT molecular complexity index is 588. The van der Waals surface area contributed by atoms with Crippen molar-refractivity contribution < 1.29 is 14.1 Å². The monoisotopic (exact) mass is 285 g/mol. The summed E-state index contributed by atoms with van der Waals surface area (Å²) >= 11 is 11.7. The molecule has 1 aromatic carbocycles. The highest BCUT2D eigenvalue weighted by Gasteiger charge is 2.20. The van der Waals surface area contributed by atoms with Crippen LogP contribution in [0.3, 0.4) is 0 Å². The number of ether oxygens (including phenoxy) is 1. The highest BCUT2D eigenvalue weighted by atomic mass is 35.5. The van der Waals surface area contributed by atoms with Gasteiger partial charge in [-0.05, 0) is 32.0 Å². The van der Waals surface area contributed by atoms with Crippen LogP contribution in [0, 0.1) is 13.8 Å². The predicted octanol–water partition coefficient (Wildman–Crippen LogP) is 3.82. The molecule has 4 nitrogen and oxygen atoms in total. The number of nitrogens with zero attached hydrogens (tertiary/aromatic N) is 1. The van der Waals surface area contributed by atoms with Crippen LogP contribution in [0.15, 0.2) is 22.7 Å². The molecule has 2 aromatic rings. The lowest BCUT2D eigenvalue weighted by Crippen LogP contribution is -2.10. The summed E-state index contributed by atoms with van der Waals surface area (Å²) in [6.45, 7) is 3.30. The van der Waals surface area contributed by atoms with Crippen LogP contribution in [0.2, 0.25) is 10.0 Å². The maximum absolute atomic E-state index is 11.9. The number of aryl methyl sites for hydroxylation is 2. The van der Waals surface area contributed by atoms with Gasteiger partial charge in [-0.25, -0.2) is 4.79 Å². The average Bonchev–Trinajstić information content (AvgIpc) is 2.62. The fourth-order valence-electron chi connectivity index (χ4n) is 1.48. The molecule has 0 aliphatic carbocycles.